The van der Waals surface area contributed by atoms with Crippen molar-refractivity contribution in [1.29, 1.82) is 0 Å². The van der Waals surface area contributed by atoms with Gasteiger partial charge in [0.15, 0.2) is 0 Å². The number of thiophene rings is 1. The van der Waals surface area contributed by atoms with Crippen LogP contribution in [-0.4, -0.2) is 50.2 Å². The summed E-state index contributed by atoms with van der Waals surface area (Å²) < 4.78 is 6.52. The number of amides is 1. The number of hydrogen-bond donors (Lipinski definition) is 1. The van der Waals surface area contributed by atoms with Crippen molar-refractivity contribution in [3.63, 3.8) is 0 Å². The first-order chi connectivity index (χ1) is 10.7. The van der Waals surface area contributed by atoms with Crippen molar-refractivity contribution < 1.29 is 9.53 Å². The van der Waals surface area contributed by atoms with Gasteiger partial charge in [-0.15, -0.1) is 11.3 Å². The summed E-state index contributed by atoms with van der Waals surface area (Å²) in [6.07, 6.45) is 0. The second kappa shape index (κ2) is 7.22. The zero-order valence-electron chi connectivity index (χ0n) is 12.9. The number of ether oxygens (including phenoxy) is 1. The normalized spacial score (nSPS) is 17.5. The molecule has 22 heavy (non-hydrogen) atoms. The standard InChI is InChI=1S/C17H22N2O2S/c1-13(12-19-6-8-21-9-7-19)11-18-17(20)16-10-14-4-2-3-5-15(14)22-16/h2-5,10,13H,6-9,11-12H2,1H3,(H,18,20). The predicted molar refractivity (Wildman–Crippen MR) is 90.6 cm³/mol. The zero-order chi connectivity index (χ0) is 15.4. The highest BCUT2D eigenvalue weighted by atomic mass is 32.1. The van der Waals surface area contributed by atoms with Crippen molar-refractivity contribution >= 4 is 27.3 Å². The van der Waals surface area contributed by atoms with E-state index in [9.17, 15) is 4.79 Å². The molecule has 2 heterocycles. The topological polar surface area (TPSA) is 41.6 Å². The third-order valence-electron chi connectivity index (χ3n) is 3.93. The van der Waals surface area contributed by atoms with E-state index in [1.165, 1.54) is 0 Å². The van der Waals surface area contributed by atoms with E-state index in [1.54, 1.807) is 11.3 Å². The van der Waals surface area contributed by atoms with Gasteiger partial charge in [0, 0.05) is 30.9 Å². The van der Waals surface area contributed by atoms with Gasteiger partial charge in [-0.05, 0) is 23.4 Å². The van der Waals surface area contributed by atoms with Crippen molar-refractivity contribution in [2.75, 3.05) is 39.4 Å². The van der Waals surface area contributed by atoms with Gasteiger partial charge in [-0.2, -0.15) is 0 Å². The molecular formula is C17H22N2O2S. The van der Waals surface area contributed by atoms with Gasteiger partial charge in [-0.3, -0.25) is 9.69 Å². The highest BCUT2D eigenvalue weighted by Gasteiger charge is 2.15. The first kappa shape index (κ1) is 15.5. The van der Waals surface area contributed by atoms with Gasteiger partial charge in [0.05, 0.1) is 18.1 Å². The number of hydrogen-bond acceptors (Lipinski definition) is 4. The minimum atomic E-state index is 0.0371. The number of carbonyl (C=O) groups excluding carboxylic acids is 1. The number of carbonyl (C=O) groups is 1. The lowest BCUT2D eigenvalue weighted by atomic mass is 10.1. The molecule has 1 atom stereocenters. The highest BCUT2D eigenvalue weighted by molar-refractivity contribution is 7.20. The Hall–Kier alpha value is -1.43. The monoisotopic (exact) mass is 318 g/mol. The Morgan fingerprint density at radius 1 is 1.36 bits per heavy atom. The Kier molecular flexibility index (Phi) is 5.08. The van der Waals surface area contributed by atoms with E-state index in [0.717, 1.165) is 47.8 Å². The van der Waals surface area contributed by atoms with Crippen LogP contribution in [0.1, 0.15) is 16.6 Å². The fourth-order valence-corrected chi connectivity index (χ4v) is 3.72. The Labute approximate surface area is 135 Å². The molecule has 118 valence electrons. The smallest absolute Gasteiger partial charge is 0.261 e. The Balaban J connectivity index is 1.50. The summed E-state index contributed by atoms with van der Waals surface area (Å²) >= 11 is 1.55. The van der Waals surface area contributed by atoms with Crippen LogP contribution < -0.4 is 5.32 Å². The predicted octanol–water partition coefficient (Wildman–Crippen LogP) is 2.60. The molecule has 0 aliphatic carbocycles. The van der Waals surface area contributed by atoms with Crippen molar-refractivity contribution in [2.24, 2.45) is 5.92 Å². The molecule has 2 aromatic rings. The third kappa shape index (κ3) is 3.85. The maximum atomic E-state index is 12.3. The second-order valence-corrected chi connectivity index (χ2v) is 6.96. The maximum Gasteiger partial charge on any atom is 0.261 e. The molecule has 1 N–H and O–H groups in total. The van der Waals surface area contributed by atoms with Crippen LogP contribution in [0.4, 0.5) is 0 Å². The fraction of sp³-hybridized carbons (Fsp3) is 0.471. The van der Waals surface area contributed by atoms with Crippen LogP contribution in [0.15, 0.2) is 30.3 Å². The van der Waals surface area contributed by atoms with Crippen molar-refractivity contribution in [3.8, 4) is 0 Å². The molecule has 1 amide bonds. The van der Waals surface area contributed by atoms with Gasteiger partial charge in [0.2, 0.25) is 0 Å². The Morgan fingerprint density at radius 3 is 2.91 bits per heavy atom. The SMILES string of the molecule is CC(CNC(=O)c1cc2ccccc2s1)CN1CCOCC1. The third-order valence-corrected chi connectivity index (χ3v) is 5.05. The van der Waals surface area contributed by atoms with Crippen molar-refractivity contribution in [1.82, 2.24) is 10.2 Å². The number of fused-ring (bicyclic) bond motifs is 1. The van der Waals surface area contributed by atoms with Crippen LogP contribution in [0, 0.1) is 5.92 Å². The van der Waals surface area contributed by atoms with Crippen LogP contribution in [0.5, 0.6) is 0 Å². The molecule has 5 heteroatoms. The molecule has 1 saturated heterocycles. The summed E-state index contributed by atoms with van der Waals surface area (Å²) in [4.78, 5) is 15.5. The number of morpholine rings is 1. The van der Waals surface area contributed by atoms with E-state index in [2.05, 4.69) is 23.2 Å². The molecule has 0 spiro atoms. The molecule has 0 radical (unpaired) electrons. The summed E-state index contributed by atoms with van der Waals surface area (Å²) in [7, 11) is 0. The highest BCUT2D eigenvalue weighted by Crippen LogP contribution is 2.25. The van der Waals surface area contributed by atoms with Crippen LogP contribution in [-0.2, 0) is 4.74 Å². The summed E-state index contributed by atoms with van der Waals surface area (Å²) in [5.74, 6) is 0.478. The molecule has 1 aromatic heterocycles. The zero-order valence-corrected chi connectivity index (χ0v) is 13.7. The lowest BCUT2D eigenvalue weighted by Gasteiger charge is -2.29. The van der Waals surface area contributed by atoms with E-state index in [-0.39, 0.29) is 5.91 Å². The molecule has 4 nitrogen and oxygen atoms in total. The number of nitrogens with one attached hydrogen (secondary N) is 1. The van der Waals surface area contributed by atoms with E-state index < -0.39 is 0 Å². The van der Waals surface area contributed by atoms with Gasteiger partial charge in [-0.25, -0.2) is 0 Å². The number of rotatable bonds is 5. The van der Waals surface area contributed by atoms with Gasteiger partial charge >= 0.3 is 0 Å². The first-order valence-electron chi connectivity index (χ1n) is 7.79. The van der Waals surface area contributed by atoms with Crippen molar-refractivity contribution in [2.45, 2.75) is 6.92 Å². The first-order valence-corrected chi connectivity index (χ1v) is 8.61. The number of benzene rings is 1. The molecule has 1 unspecified atom stereocenters. The van der Waals surface area contributed by atoms with Crippen LogP contribution in [0.25, 0.3) is 10.1 Å². The fourth-order valence-electron chi connectivity index (χ4n) is 2.74. The van der Waals surface area contributed by atoms with E-state index >= 15 is 0 Å². The van der Waals surface area contributed by atoms with Gasteiger partial charge in [0.1, 0.15) is 0 Å². The minimum absolute atomic E-state index is 0.0371. The maximum absolute atomic E-state index is 12.3. The van der Waals surface area contributed by atoms with Crippen LogP contribution in [0.3, 0.4) is 0 Å². The molecular weight excluding hydrogens is 296 g/mol. The van der Waals surface area contributed by atoms with E-state index in [1.807, 2.05) is 24.3 Å². The van der Waals surface area contributed by atoms with E-state index in [4.69, 9.17) is 4.74 Å². The summed E-state index contributed by atoms with van der Waals surface area (Å²) in [6.45, 7) is 7.53. The van der Waals surface area contributed by atoms with Crippen LogP contribution >= 0.6 is 11.3 Å². The lowest BCUT2D eigenvalue weighted by Crippen LogP contribution is -2.41. The Morgan fingerprint density at radius 2 is 2.14 bits per heavy atom. The molecule has 0 saturated carbocycles. The Bertz CT molecular complexity index is 601. The van der Waals surface area contributed by atoms with Crippen LogP contribution in [0.2, 0.25) is 0 Å². The molecule has 1 aliphatic heterocycles. The van der Waals surface area contributed by atoms with E-state index in [0.29, 0.717) is 12.5 Å². The largest absolute Gasteiger partial charge is 0.379 e. The second-order valence-electron chi connectivity index (χ2n) is 5.88. The van der Waals surface area contributed by atoms with Gasteiger partial charge < -0.3 is 10.1 Å². The molecule has 1 aliphatic rings. The van der Waals surface area contributed by atoms with Crippen molar-refractivity contribution in [3.05, 3.63) is 35.2 Å². The van der Waals surface area contributed by atoms with Gasteiger partial charge in [-0.1, -0.05) is 25.1 Å². The summed E-state index contributed by atoms with van der Waals surface area (Å²) in [5.41, 5.74) is 0. The number of nitrogens with zero attached hydrogens (tertiary/aromatic N) is 1. The quantitative estimate of drug-likeness (QED) is 0.921. The summed E-state index contributed by atoms with van der Waals surface area (Å²) in [6, 6.07) is 10.1. The molecule has 3 rings (SSSR count). The average molecular weight is 318 g/mol. The average Bonchev–Trinajstić information content (AvgIpc) is 2.98. The molecule has 0 bridgehead atoms. The van der Waals surface area contributed by atoms with Gasteiger partial charge in [0.25, 0.3) is 5.91 Å². The molecule has 1 fully saturated rings. The lowest BCUT2D eigenvalue weighted by molar-refractivity contribution is 0.0317. The minimum Gasteiger partial charge on any atom is -0.379 e. The summed E-state index contributed by atoms with van der Waals surface area (Å²) in [5, 5.41) is 4.20. The molecule has 1 aromatic carbocycles.